The van der Waals surface area contributed by atoms with E-state index >= 15 is 0 Å². The van der Waals surface area contributed by atoms with Gasteiger partial charge in [0.25, 0.3) is 11.8 Å². The summed E-state index contributed by atoms with van der Waals surface area (Å²) in [7, 11) is 0. The van der Waals surface area contributed by atoms with E-state index in [4.69, 9.17) is 4.74 Å². The van der Waals surface area contributed by atoms with Crippen molar-refractivity contribution in [1.29, 1.82) is 0 Å². The summed E-state index contributed by atoms with van der Waals surface area (Å²) >= 11 is 3.31. The summed E-state index contributed by atoms with van der Waals surface area (Å²) < 4.78 is 6.08. The second kappa shape index (κ2) is 7.53. The number of nitrogens with zero attached hydrogens (tertiary/aromatic N) is 1. The summed E-state index contributed by atoms with van der Waals surface area (Å²) in [5.74, 6) is -0.703. The van der Waals surface area contributed by atoms with Crippen molar-refractivity contribution in [1.82, 2.24) is 5.32 Å². The smallest absolute Gasteiger partial charge is 0.335 e. The van der Waals surface area contributed by atoms with Crippen LogP contribution in [0.4, 0.5) is 10.5 Å². The predicted molar refractivity (Wildman–Crippen MR) is 101 cm³/mol. The van der Waals surface area contributed by atoms with Gasteiger partial charge in [-0.15, -0.1) is 0 Å². The molecule has 0 saturated carbocycles. The Balaban J connectivity index is 1.94. The van der Waals surface area contributed by atoms with E-state index < -0.39 is 17.8 Å². The van der Waals surface area contributed by atoms with Crippen LogP contribution >= 0.6 is 15.9 Å². The normalized spacial score (nSPS) is 16.0. The highest BCUT2D eigenvalue weighted by Gasteiger charge is 2.36. The molecular formula is C19H15BrN2O4. The van der Waals surface area contributed by atoms with Crippen LogP contribution in [0.1, 0.15) is 12.5 Å². The quantitative estimate of drug-likeness (QED) is 0.613. The van der Waals surface area contributed by atoms with E-state index in [0.717, 1.165) is 4.90 Å². The van der Waals surface area contributed by atoms with Gasteiger partial charge >= 0.3 is 6.03 Å². The molecule has 4 amide bonds. The minimum absolute atomic E-state index is 0.117. The minimum Gasteiger partial charge on any atom is -0.494 e. The van der Waals surface area contributed by atoms with Gasteiger partial charge in [0.05, 0.1) is 12.3 Å². The molecule has 0 atom stereocenters. The maximum absolute atomic E-state index is 12.8. The first-order valence-electron chi connectivity index (χ1n) is 7.89. The lowest BCUT2D eigenvalue weighted by Gasteiger charge is -2.26. The molecule has 2 aromatic carbocycles. The van der Waals surface area contributed by atoms with Gasteiger partial charge in [-0.05, 0) is 48.9 Å². The van der Waals surface area contributed by atoms with Crippen molar-refractivity contribution < 1.29 is 19.1 Å². The number of urea groups is 1. The largest absolute Gasteiger partial charge is 0.494 e. The number of barbiturate groups is 1. The number of amides is 4. The molecule has 2 aromatic rings. The van der Waals surface area contributed by atoms with Gasteiger partial charge in [0.15, 0.2) is 0 Å². The number of nitrogens with one attached hydrogen (secondary N) is 1. The molecule has 7 heteroatoms. The van der Waals surface area contributed by atoms with Gasteiger partial charge in [-0.25, -0.2) is 9.69 Å². The maximum Gasteiger partial charge on any atom is 0.335 e. The molecule has 26 heavy (non-hydrogen) atoms. The van der Waals surface area contributed by atoms with Crippen LogP contribution in [0.5, 0.6) is 5.75 Å². The van der Waals surface area contributed by atoms with Crippen molar-refractivity contribution in [2.45, 2.75) is 6.92 Å². The Morgan fingerprint density at radius 1 is 1.12 bits per heavy atom. The number of carbonyl (C=O) groups is 3. The van der Waals surface area contributed by atoms with E-state index in [1.54, 1.807) is 48.5 Å². The van der Waals surface area contributed by atoms with Crippen LogP contribution < -0.4 is 15.0 Å². The summed E-state index contributed by atoms with van der Waals surface area (Å²) in [5, 5.41) is 2.20. The molecule has 3 rings (SSSR count). The van der Waals surface area contributed by atoms with E-state index in [1.165, 1.54) is 6.08 Å². The number of halogens is 1. The van der Waals surface area contributed by atoms with Crippen molar-refractivity contribution in [3.63, 3.8) is 0 Å². The minimum atomic E-state index is -0.776. The van der Waals surface area contributed by atoms with E-state index in [-0.39, 0.29) is 5.57 Å². The van der Waals surface area contributed by atoms with Crippen LogP contribution in [-0.2, 0) is 9.59 Å². The lowest BCUT2D eigenvalue weighted by molar-refractivity contribution is -0.122. The van der Waals surface area contributed by atoms with Crippen LogP contribution in [0, 0.1) is 0 Å². The number of benzene rings is 2. The summed E-state index contributed by atoms with van der Waals surface area (Å²) in [6.45, 7) is 2.43. The predicted octanol–water partition coefficient (Wildman–Crippen LogP) is 3.51. The first kappa shape index (κ1) is 17.9. The number of hydrogen-bond acceptors (Lipinski definition) is 4. The topological polar surface area (TPSA) is 75.7 Å². The van der Waals surface area contributed by atoms with Crippen LogP contribution in [0.15, 0.2) is 58.6 Å². The average Bonchev–Trinajstić information content (AvgIpc) is 2.60. The lowest BCUT2D eigenvalue weighted by atomic mass is 10.1. The highest BCUT2D eigenvalue weighted by atomic mass is 79.9. The average molecular weight is 415 g/mol. The molecule has 0 spiro atoms. The van der Waals surface area contributed by atoms with E-state index in [1.807, 2.05) is 6.92 Å². The zero-order valence-corrected chi connectivity index (χ0v) is 15.4. The van der Waals surface area contributed by atoms with Crippen molar-refractivity contribution in [3.8, 4) is 5.75 Å². The molecular weight excluding hydrogens is 400 g/mol. The van der Waals surface area contributed by atoms with E-state index in [9.17, 15) is 14.4 Å². The first-order valence-corrected chi connectivity index (χ1v) is 8.69. The maximum atomic E-state index is 12.8. The molecule has 0 radical (unpaired) electrons. The third-order valence-electron chi connectivity index (χ3n) is 3.67. The number of anilines is 1. The molecule has 0 unspecified atom stereocenters. The molecule has 6 nitrogen and oxygen atoms in total. The Kier molecular flexibility index (Phi) is 5.18. The van der Waals surface area contributed by atoms with E-state index in [2.05, 4.69) is 21.2 Å². The van der Waals surface area contributed by atoms with Crippen LogP contribution in [0.2, 0.25) is 0 Å². The molecule has 0 aromatic heterocycles. The van der Waals surface area contributed by atoms with Crippen LogP contribution in [-0.4, -0.2) is 24.5 Å². The number of hydrogen-bond donors (Lipinski definition) is 1. The zero-order chi connectivity index (χ0) is 18.7. The summed E-state index contributed by atoms with van der Waals surface area (Å²) in [4.78, 5) is 38.0. The number of carbonyl (C=O) groups excluding carboxylic acids is 3. The summed E-state index contributed by atoms with van der Waals surface area (Å²) in [6.07, 6.45) is 1.45. The fourth-order valence-corrected chi connectivity index (χ4v) is 2.89. The zero-order valence-electron chi connectivity index (χ0n) is 13.9. The van der Waals surface area contributed by atoms with Gasteiger partial charge in [-0.2, -0.15) is 0 Å². The molecule has 1 fully saturated rings. The first-order chi connectivity index (χ1) is 12.5. The number of rotatable bonds is 4. The molecule has 1 aliphatic heterocycles. The Bertz CT molecular complexity index is 906. The van der Waals surface area contributed by atoms with Crippen molar-refractivity contribution in [3.05, 3.63) is 64.1 Å². The van der Waals surface area contributed by atoms with Gasteiger partial charge in [0, 0.05) is 4.47 Å². The molecule has 132 valence electrons. The third kappa shape index (κ3) is 3.67. The standard InChI is InChI=1S/C19H15BrN2O4/c1-2-26-15-8-6-12(7-9-15)10-16-17(23)21-19(25)22(18(16)24)14-5-3-4-13(20)11-14/h3-11H,2H2,1H3,(H,21,23,25)/b16-10+. The Morgan fingerprint density at radius 3 is 2.50 bits per heavy atom. The van der Waals surface area contributed by atoms with Crippen LogP contribution in [0.25, 0.3) is 6.08 Å². The monoisotopic (exact) mass is 414 g/mol. The van der Waals surface area contributed by atoms with Crippen molar-refractivity contribution in [2.75, 3.05) is 11.5 Å². The van der Waals surface area contributed by atoms with Gasteiger partial charge in [-0.3, -0.25) is 14.9 Å². The Hall–Kier alpha value is -2.93. The molecule has 1 N–H and O–H groups in total. The highest BCUT2D eigenvalue weighted by molar-refractivity contribution is 9.10. The second-order valence-corrected chi connectivity index (χ2v) is 6.36. The SMILES string of the molecule is CCOc1ccc(/C=C2\C(=O)NC(=O)N(c3cccc(Br)c3)C2=O)cc1. The van der Waals surface area contributed by atoms with Crippen molar-refractivity contribution in [2.24, 2.45) is 0 Å². The van der Waals surface area contributed by atoms with Crippen LogP contribution in [0.3, 0.4) is 0 Å². The number of imide groups is 2. The lowest BCUT2D eigenvalue weighted by Crippen LogP contribution is -2.54. The molecule has 0 bridgehead atoms. The highest BCUT2D eigenvalue weighted by Crippen LogP contribution is 2.25. The number of ether oxygens (including phenoxy) is 1. The molecule has 1 saturated heterocycles. The van der Waals surface area contributed by atoms with Gasteiger partial charge in [0.1, 0.15) is 11.3 Å². The molecule has 1 heterocycles. The van der Waals surface area contributed by atoms with Crippen molar-refractivity contribution >= 4 is 45.5 Å². The van der Waals surface area contributed by atoms with Gasteiger partial charge in [0.2, 0.25) is 0 Å². The van der Waals surface area contributed by atoms with Gasteiger partial charge in [-0.1, -0.05) is 34.1 Å². The summed E-state index contributed by atoms with van der Waals surface area (Å²) in [6, 6.07) is 12.9. The second-order valence-electron chi connectivity index (χ2n) is 5.44. The third-order valence-corrected chi connectivity index (χ3v) is 4.16. The van der Waals surface area contributed by atoms with Gasteiger partial charge < -0.3 is 4.74 Å². The fourth-order valence-electron chi connectivity index (χ4n) is 2.50. The molecule has 1 aliphatic rings. The fraction of sp³-hybridized carbons (Fsp3) is 0.105. The molecule has 0 aliphatic carbocycles. The Morgan fingerprint density at radius 2 is 1.85 bits per heavy atom. The van der Waals surface area contributed by atoms with E-state index in [0.29, 0.717) is 28.1 Å². The summed E-state index contributed by atoms with van der Waals surface area (Å²) in [5.41, 5.74) is 0.899. The Labute approximate surface area is 158 Å².